The fourth-order valence-electron chi connectivity index (χ4n) is 3.99. The molecule has 1 unspecified atom stereocenters. The van der Waals surface area contributed by atoms with Crippen LogP contribution in [0.1, 0.15) is 39.3 Å². The highest BCUT2D eigenvalue weighted by atomic mass is 127. The molecule has 7 nitrogen and oxygen atoms in total. The second-order valence-electron chi connectivity index (χ2n) is 11.1. The zero-order valence-corrected chi connectivity index (χ0v) is 26.6. The predicted octanol–water partition coefficient (Wildman–Crippen LogP) is 6.45. The first-order valence-corrected chi connectivity index (χ1v) is 18.9. The molecule has 2 aromatic heterocycles. The van der Waals surface area contributed by atoms with Gasteiger partial charge in [0.2, 0.25) is 20.9 Å². The van der Waals surface area contributed by atoms with E-state index >= 15 is 0 Å². The van der Waals surface area contributed by atoms with Gasteiger partial charge in [0.1, 0.15) is 11.1 Å². The van der Waals surface area contributed by atoms with Crippen molar-refractivity contribution in [3.63, 3.8) is 0 Å². The molecule has 1 fully saturated rings. The minimum absolute atomic E-state index is 0.103. The number of thiazole rings is 1. The molecule has 1 saturated carbocycles. The molecule has 0 aliphatic heterocycles. The van der Waals surface area contributed by atoms with Crippen LogP contribution in [-0.4, -0.2) is 54.6 Å². The standard InChI is InChI=1S/C25H34IN3O4S2Si/c1-15-21(23-28-18-10-8-9-11-20(18)34-23)22(29-24(27-15)35(5,30)31)33-19-13-16(12-17(19)26)14-32-36(6,7)25(2,3)4/h8-11,16-17,19H,12-14H2,1-7H3/t16-,17?,19-/m1/s1. The second kappa shape index (κ2) is 10.2. The molecule has 2 heterocycles. The lowest BCUT2D eigenvalue weighted by Crippen LogP contribution is -2.41. The molecule has 11 heteroatoms. The van der Waals surface area contributed by atoms with Gasteiger partial charge in [-0.15, -0.1) is 11.3 Å². The average molecular weight is 660 g/mol. The fourth-order valence-corrected chi connectivity index (χ4v) is 7.84. The lowest BCUT2D eigenvalue weighted by atomic mass is 10.1. The number of sulfone groups is 1. The molecule has 0 bridgehead atoms. The summed E-state index contributed by atoms with van der Waals surface area (Å²) in [6.07, 6.45) is 2.83. The van der Waals surface area contributed by atoms with E-state index in [-0.39, 0.29) is 20.2 Å². The zero-order valence-electron chi connectivity index (χ0n) is 21.8. The van der Waals surface area contributed by atoms with E-state index in [9.17, 15) is 8.42 Å². The summed E-state index contributed by atoms with van der Waals surface area (Å²) in [5.74, 6) is 0.675. The van der Waals surface area contributed by atoms with Gasteiger partial charge in [-0.05, 0) is 55.9 Å². The van der Waals surface area contributed by atoms with Crippen molar-refractivity contribution in [2.24, 2.45) is 5.92 Å². The van der Waals surface area contributed by atoms with Crippen molar-refractivity contribution >= 4 is 62.3 Å². The van der Waals surface area contributed by atoms with Crippen LogP contribution >= 0.6 is 33.9 Å². The molecule has 3 aromatic rings. The van der Waals surface area contributed by atoms with E-state index in [4.69, 9.17) is 14.1 Å². The maximum atomic E-state index is 12.3. The van der Waals surface area contributed by atoms with Crippen molar-refractivity contribution in [3.8, 4) is 16.5 Å². The molecule has 1 aliphatic carbocycles. The number of fused-ring (bicyclic) bond motifs is 1. The number of hydrogen-bond acceptors (Lipinski definition) is 8. The zero-order chi connectivity index (χ0) is 26.5. The summed E-state index contributed by atoms with van der Waals surface area (Å²) in [7, 11) is -5.44. The molecule has 0 amide bonds. The van der Waals surface area contributed by atoms with Crippen molar-refractivity contribution in [1.29, 1.82) is 0 Å². The van der Waals surface area contributed by atoms with Gasteiger partial charge < -0.3 is 9.16 Å². The first kappa shape index (κ1) is 27.9. The Bertz CT molecular complexity index is 1340. The van der Waals surface area contributed by atoms with Crippen molar-refractivity contribution in [1.82, 2.24) is 15.0 Å². The summed E-state index contributed by atoms with van der Waals surface area (Å²) < 4.78 is 39.0. The Labute approximate surface area is 232 Å². The number of alkyl halides is 1. The van der Waals surface area contributed by atoms with Crippen LogP contribution in [-0.2, 0) is 14.3 Å². The number of rotatable bonds is 7. The molecule has 0 saturated heterocycles. The molecule has 0 spiro atoms. The van der Waals surface area contributed by atoms with Gasteiger partial charge in [-0.3, -0.25) is 0 Å². The van der Waals surface area contributed by atoms with Crippen LogP contribution in [0, 0.1) is 12.8 Å². The third-order valence-electron chi connectivity index (χ3n) is 7.15. The van der Waals surface area contributed by atoms with E-state index in [0.29, 0.717) is 23.1 Å². The molecule has 0 N–H and O–H groups in total. The average Bonchev–Trinajstić information content (AvgIpc) is 3.33. The third-order valence-corrected chi connectivity index (χ3v) is 14.9. The highest BCUT2D eigenvalue weighted by molar-refractivity contribution is 14.1. The number of ether oxygens (including phenoxy) is 1. The Balaban J connectivity index is 1.63. The maximum absolute atomic E-state index is 12.3. The van der Waals surface area contributed by atoms with E-state index in [1.54, 1.807) is 6.92 Å². The lowest BCUT2D eigenvalue weighted by molar-refractivity contribution is 0.182. The molecule has 196 valence electrons. The van der Waals surface area contributed by atoms with Gasteiger partial charge in [0.25, 0.3) is 0 Å². The monoisotopic (exact) mass is 659 g/mol. The van der Waals surface area contributed by atoms with Crippen molar-refractivity contribution in [2.45, 2.75) is 73.9 Å². The number of nitrogens with zero attached hydrogens (tertiary/aromatic N) is 3. The number of halogens is 1. The van der Waals surface area contributed by atoms with E-state index < -0.39 is 18.2 Å². The molecule has 1 aromatic carbocycles. The number of aromatic nitrogens is 3. The van der Waals surface area contributed by atoms with Crippen LogP contribution in [0.4, 0.5) is 0 Å². The van der Waals surface area contributed by atoms with Gasteiger partial charge in [0, 0.05) is 16.8 Å². The van der Waals surface area contributed by atoms with Crippen molar-refractivity contribution < 1.29 is 17.6 Å². The van der Waals surface area contributed by atoms with E-state index in [1.165, 1.54) is 11.3 Å². The first-order chi connectivity index (χ1) is 16.7. The van der Waals surface area contributed by atoms with Crippen LogP contribution in [0.2, 0.25) is 18.1 Å². The smallest absolute Gasteiger partial charge is 0.250 e. The SMILES string of the molecule is Cc1nc(S(C)(=O)=O)nc(O[C@@H]2C[C@H](CO[Si](C)(C)C(C)(C)C)CC2I)c1-c1nc2ccccc2s1. The number of aryl methyl sites for hydroxylation is 1. The van der Waals surface area contributed by atoms with Crippen LogP contribution in [0.25, 0.3) is 20.8 Å². The quantitative estimate of drug-likeness (QED) is 0.125. The minimum atomic E-state index is -3.60. The van der Waals surface area contributed by atoms with Gasteiger partial charge in [-0.2, -0.15) is 4.98 Å². The van der Waals surface area contributed by atoms with Crippen LogP contribution in [0.3, 0.4) is 0 Å². The number of benzene rings is 1. The normalized spacial score (nSPS) is 21.3. The van der Waals surface area contributed by atoms with Crippen molar-refractivity contribution in [3.05, 3.63) is 30.0 Å². The molecule has 0 radical (unpaired) electrons. The molecule has 36 heavy (non-hydrogen) atoms. The van der Waals surface area contributed by atoms with Gasteiger partial charge in [-0.25, -0.2) is 18.4 Å². The summed E-state index contributed by atoms with van der Waals surface area (Å²) in [4.78, 5) is 13.5. The summed E-state index contributed by atoms with van der Waals surface area (Å²) in [5, 5.41) is 0.669. The van der Waals surface area contributed by atoms with E-state index in [2.05, 4.69) is 66.4 Å². The maximum Gasteiger partial charge on any atom is 0.250 e. The highest BCUT2D eigenvalue weighted by Crippen LogP contribution is 2.42. The Hall–Kier alpha value is -1.15. The first-order valence-electron chi connectivity index (χ1n) is 12.0. The lowest BCUT2D eigenvalue weighted by Gasteiger charge is -2.37. The summed E-state index contributed by atoms with van der Waals surface area (Å²) in [6, 6.07) is 7.90. The van der Waals surface area contributed by atoms with Crippen LogP contribution in [0.15, 0.2) is 29.4 Å². The minimum Gasteiger partial charge on any atom is -0.473 e. The van der Waals surface area contributed by atoms with Gasteiger partial charge in [0.15, 0.2) is 8.32 Å². The van der Waals surface area contributed by atoms with E-state index in [1.807, 2.05) is 24.3 Å². The summed E-state index contributed by atoms with van der Waals surface area (Å²) in [5.41, 5.74) is 2.08. The van der Waals surface area contributed by atoms with Gasteiger partial charge >= 0.3 is 0 Å². The summed E-state index contributed by atoms with van der Waals surface area (Å²) >= 11 is 3.97. The molecule has 3 atom stereocenters. The van der Waals surface area contributed by atoms with Crippen LogP contribution < -0.4 is 4.74 Å². The van der Waals surface area contributed by atoms with Crippen molar-refractivity contribution in [2.75, 3.05) is 12.9 Å². The molecule has 1 aliphatic rings. The third kappa shape index (κ3) is 5.95. The second-order valence-corrected chi connectivity index (χ2v) is 20.5. The molecule has 4 rings (SSSR count). The Morgan fingerprint density at radius 1 is 1.14 bits per heavy atom. The Kier molecular flexibility index (Phi) is 7.89. The van der Waals surface area contributed by atoms with Gasteiger partial charge in [0.05, 0.1) is 21.5 Å². The molecular formula is C25H34IN3O4S2Si. The summed E-state index contributed by atoms with van der Waals surface area (Å²) in [6.45, 7) is 13.8. The van der Waals surface area contributed by atoms with Crippen LogP contribution in [0.5, 0.6) is 5.88 Å². The highest BCUT2D eigenvalue weighted by Gasteiger charge is 2.40. The Morgan fingerprint density at radius 3 is 2.47 bits per heavy atom. The number of para-hydroxylation sites is 1. The number of hydrogen-bond donors (Lipinski definition) is 0. The topological polar surface area (TPSA) is 91.3 Å². The van der Waals surface area contributed by atoms with E-state index in [0.717, 1.165) is 40.9 Å². The van der Waals surface area contributed by atoms with Gasteiger partial charge in [-0.1, -0.05) is 55.5 Å². The molecular weight excluding hydrogens is 625 g/mol. The predicted molar refractivity (Wildman–Crippen MR) is 157 cm³/mol. The Morgan fingerprint density at radius 2 is 1.83 bits per heavy atom. The fraction of sp³-hybridized carbons (Fsp3) is 0.560. The largest absolute Gasteiger partial charge is 0.473 e.